The molecule has 18 heavy (non-hydrogen) atoms. The summed E-state index contributed by atoms with van der Waals surface area (Å²) in [4.78, 5) is 29.3. The molecule has 0 aromatic carbocycles. The Balaban J connectivity index is 2.14. The van der Waals surface area contributed by atoms with Gasteiger partial charge in [-0.1, -0.05) is 0 Å². The average molecular weight is 246 g/mol. The topological polar surface area (TPSA) is 101 Å². The zero-order valence-electron chi connectivity index (χ0n) is 9.77. The van der Waals surface area contributed by atoms with Crippen LogP contribution in [0.15, 0.2) is 29.1 Å². The smallest absolute Gasteiger partial charge is 0.249 e. The first kappa shape index (κ1) is 12.3. The van der Waals surface area contributed by atoms with Gasteiger partial charge in [0.2, 0.25) is 11.5 Å². The fraction of sp³-hybridized carbons (Fsp3) is 0.250. The van der Waals surface area contributed by atoms with Gasteiger partial charge in [0, 0.05) is 24.4 Å². The van der Waals surface area contributed by atoms with E-state index in [2.05, 4.69) is 15.3 Å². The van der Waals surface area contributed by atoms with Crippen LogP contribution in [0.25, 0.3) is 11.0 Å². The monoisotopic (exact) mass is 246 g/mol. The highest BCUT2D eigenvalue weighted by molar-refractivity contribution is 5.76. The number of aromatic amines is 1. The van der Waals surface area contributed by atoms with Crippen LogP contribution < -0.4 is 16.6 Å². The van der Waals surface area contributed by atoms with Crippen molar-refractivity contribution in [2.75, 3.05) is 6.54 Å². The van der Waals surface area contributed by atoms with Crippen LogP contribution in [0.3, 0.4) is 0 Å². The molecule has 0 saturated heterocycles. The predicted molar refractivity (Wildman–Crippen MR) is 67.9 cm³/mol. The molecule has 6 nitrogen and oxygen atoms in total. The molecule has 0 aliphatic rings. The van der Waals surface area contributed by atoms with Crippen molar-refractivity contribution >= 4 is 16.9 Å². The highest BCUT2D eigenvalue weighted by atomic mass is 16.1. The first-order valence-corrected chi connectivity index (χ1v) is 5.65. The number of pyridine rings is 2. The summed E-state index contributed by atoms with van der Waals surface area (Å²) in [7, 11) is 0. The van der Waals surface area contributed by atoms with Gasteiger partial charge < -0.3 is 16.0 Å². The molecule has 0 atom stereocenters. The van der Waals surface area contributed by atoms with Crippen molar-refractivity contribution < 1.29 is 4.79 Å². The number of hydrogen-bond donors (Lipinski definition) is 3. The molecule has 94 valence electrons. The summed E-state index contributed by atoms with van der Waals surface area (Å²) in [5, 5.41) is 3.56. The summed E-state index contributed by atoms with van der Waals surface area (Å²) >= 11 is 0. The minimum absolute atomic E-state index is 0.110. The second-order valence-electron chi connectivity index (χ2n) is 3.88. The highest BCUT2D eigenvalue weighted by Gasteiger charge is 2.02. The van der Waals surface area contributed by atoms with Gasteiger partial charge in [0.15, 0.2) is 0 Å². The SMILES string of the molecule is NCCC(=O)NCc1ccc2ccc(=O)[nH]c2n1. The Morgan fingerprint density at radius 3 is 2.89 bits per heavy atom. The molecule has 0 saturated carbocycles. The Labute approximate surface area is 103 Å². The van der Waals surface area contributed by atoms with E-state index in [4.69, 9.17) is 5.73 Å². The van der Waals surface area contributed by atoms with E-state index in [-0.39, 0.29) is 11.5 Å². The molecule has 0 bridgehead atoms. The van der Waals surface area contributed by atoms with E-state index in [1.165, 1.54) is 6.07 Å². The van der Waals surface area contributed by atoms with Crippen LogP contribution in [-0.2, 0) is 11.3 Å². The van der Waals surface area contributed by atoms with Crippen LogP contribution in [0.1, 0.15) is 12.1 Å². The molecule has 2 heterocycles. The van der Waals surface area contributed by atoms with Crippen molar-refractivity contribution in [3.63, 3.8) is 0 Å². The Morgan fingerprint density at radius 2 is 2.11 bits per heavy atom. The van der Waals surface area contributed by atoms with Crippen molar-refractivity contribution in [1.82, 2.24) is 15.3 Å². The molecule has 2 rings (SSSR count). The van der Waals surface area contributed by atoms with Crippen molar-refractivity contribution in [2.24, 2.45) is 5.73 Å². The first-order chi connectivity index (χ1) is 8.69. The third-order valence-electron chi connectivity index (χ3n) is 2.48. The lowest BCUT2D eigenvalue weighted by molar-refractivity contribution is -0.121. The maximum absolute atomic E-state index is 11.3. The summed E-state index contributed by atoms with van der Waals surface area (Å²) in [6.07, 6.45) is 0.296. The van der Waals surface area contributed by atoms with Gasteiger partial charge in [0.1, 0.15) is 5.65 Å². The second-order valence-corrected chi connectivity index (χ2v) is 3.88. The standard InChI is InChI=1S/C12H14N4O2/c13-6-5-10(17)14-7-9-3-1-8-2-4-11(18)16-12(8)15-9/h1-4H,5-7,13H2,(H,14,17)(H,15,16,18). The Kier molecular flexibility index (Phi) is 3.69. The lowest BCUT2D eigenvalue weighted by atomic mass is 10.2. The second kappa shape index (κ2) is 5.42. The number of hydrogen-bond acceptors (Lipinski definition) is 4. The van der Waals surface area contributed by atoms with Crippen molar-refractivity contribution in [2.45, 2.75) is 13.0 Å². The number of fused-ring (bicyclic) bond motifs is 1. The van der Waals surface area contributed by atoms with Gasteiger partial charge in [-0.05, 0) is 18.2 Å². The lowest BCUT2D eigenvalue weighted by Gasteiger charge is -2.04. The third kappa shape index (κ3) is 2.92. The minimum atomic E-state index is -0.195. The molecule has 0 aliphatic carbocycles. The molecular formula is C12H14N4O2. The van der Waals surface area contributed by atoms with Gasteiger partial charge in [0.05, 0.1) is 12.2 Å². The van der Waals surface area contributed by atoms with Gasteiger partial charge in [-0.15, -0.1) is 0 Å². The van der Waals surface area contributed by atoms with Crippen molar-refractivity contribution in [3.8, 4) is 0 Å². The fourth-order valence-corrected chi connectivity index (χ4v) is 1.58. The summed E-state index contributed by atoms with van der Waals surface area (Å²) < 4.78 is 0. The quantitative estimate of drug-likeness (QED) is 0.700. The van der Waals surface area contributed by atoms with E-state index in [0.717, 1.165) is 5.39 Å². The van der Waals surface area contributed by atoms with E-state index >= 15 is 0 Å². The molecule has 0 radical (unpaired) electrons. The van der Waals surface area contributed by atoms with Gasteiger partial charge in [-0.3, -0.25) is 9.59 Å². The largest absolute Gasteiger partial charge is 0.350 e. The van der Waals surface area contributed by atoms with E-state index in [9.17, 15) is 9.59 Å². The van der Waals surface area contributed by atoms with E-state index in [0.29, 0.717) is 30.9 Å². The molecular weight excluding hydrogens is 232 g/mol. The van der Waals surface area contributed by atoms with E-state index in [1.807, 2.05) is 12.1 Å². The van der Waals surface area contributed by atoms with Crippen LogP contribution >= 0.6 is 0 Å². The van der Waals surface area contributed by atoms with E-state index < -0.39 is 0 Å². The molecule has 0 spiro atoms. The molecule has 2 aromatic heterocycles. The van der Waals surface area contributed by atoms with Crippen LogP contribution in [0.5, 0.6) is 0 Å². The molecule has 6 heteroatoms. The zero-order chi connectivity index (χ0) is 13.0. The van der Waals surface area contributed by atoms with Gasteiger partial charge in [-0.25, -0.2) is 4.98 Å². The van der Waals surface area contributed by atoms with Gasteiger partial charge in [0.25, 0.3) is 0 Å². The summed E-state index contributed by atoms with van der Waals surface area (Å²) in [5.74, 6) is -0.110. The Bertz CT molecular complexity index is 621. The highest BCUT2D eigenvalue weighted by Crippen LogP contribution is 2.07. The maximum atomic E-state index is 11.3. The maximum Gasteiger partial charge on any atom is 0.249 e. The molecule has 0 unspecified atom stereocenters. The number of carbonyl (C=O) groups is 1. The molecule has 0 fully saturated rings. The Hall–Kier alpha value is -2.21. The summed E-state index contributed by atoms with van der Waals surface area (Å²) in [5.41, 5.74) is 6.29. The van der Waals surface area contributed by atoms with Crippen LogP contribution in [0.2, 0.25) is 0 Å². The number of carbonyl (C=O) groups excluding carboxylic acids is 1. The fourth-order valence-electron chi connectivity index (χ4n) is 1.58. The lowest BCUT2D eigenvalue weighted by Crippen LogP contribution is -2.25. The van der Waals surface area contributed by atoms with Crippen molar-refractivity contribution in [3.05, 3.63) is 40.3 Å². The number of rotatable bonds is 4. The number of amides is 1. The third-order valence-corrected chi connectivity index (χ3v) is 2.48. The number of nitrogens with zero attached hydrogens (tertiary/aromatic N) is 1. The molecule has 4 N–H and O–H groups in total. The van der Waals surface area contributed by atoms with Crippen molar-refractivity contribution in [1.29, 1.82) is 0 Å². The zero-order valence-corrected chi connectivity index (χ0v) is 9.77. The normalized spacial score (nSPS) is 10.5. The predicted octanol–water partition coefficient (Wildman–Crippen LogP) is -0.112. The van der Waals surface area contributed by atoms with Crippen LogP contribution in [-0.4, -0.2) is 22.4 Å². The van der Waals surface area contributed by atoms with E-state index in [1.54, 1.807) is 6.07 Å². The minimum Gasteiger partial charge on any atom is -0.350 e. The first-order valence-electron chi connectivity index (χ1n) is 5.65. The number of nitrogens with two attached hydrogens (primary N) is 1. The van der Waals surface area contributed by atoms with Gasteiger partial charge >= 0.3 is 0 Å². The Morgan fingerprint density at radius 1 is 1.33 bits per heavy atom. The number of H-pyrrole nitrogens is 1. The van der Waals surface area contributed by atoms with Crippen LogP contribution in [0.4, 0.5) is 0 Å². The van der Waals surface area contributed by atoms with Gasteiger partial charge in [-0.2, -0.15) is 0 Å². The summed E-state index contributed by atoms with van der Waals surface area (Å²) in [6, 6.07) is 6.82. The molecule has 0 aliphatic heterocycles. The average Bonchev–Trinajstić information content (AvgIpc) is 2.36. The summed E-state index contributed by atoms with van der Waals surface area (Å²) in [6.45, 7) is 0.649. The van der Waals surface area contributed by atoms with Crippen LogP contribution in [0, 0.1) is 0 Å². The molecule has 2 aromatic rings. The molecule has 1 amide bonds. The number of nitrogens with one attached hydrogen (secondary N) is 2. The number of aromatic nitrogens is 2.